The number of hydrogen-bond donors (Lipinski definition) is 3. The Balaban J connectivity index is 2.47. The molecule has 0 bridgehead atoms. The van der Waals surface area contributed by atoms with Gasteiger partial charge < -0.3 is 20.7 Å². The topological polar surface area (TPSA) is 89.5 Å². The molecule has 0 saturated heterocycles. The van der Waals surface area contributed by atoms with E-state index in [2.05, 4.69) is 43.5 Å². The first-order chi connectivity index (χ1) is 14.0. The van der Waals surface area contributed by atoms with Gasteiger partial charge in [0.1, 0.15) is 0 Å². The van der Waals surface area contributed by atoms with E-state index in [1.165, 1.54) is 6.21 Å². The van der Waals surface area contributed by atoms with Crippen LogP contribution in [0.1, 0.15) is 58.6 Å². The summed E-state index contributed by atoms with van der Waals surface area (Å²) in [6, 6.07) is 0.282. The number of hydrogen-bond acceptors (Lipinski definition) is 6. The Morgan fingerprint density at radius 2 is 2.03 bits per heavy atom. The van der Waals surface area contributed by atoms with Crippen molar-refractivity contribution in [2.45, 2.75) is 59.0 Å². The van der Waals surface area contributed by atoms with Gasteiger partial charge in [0.2, 0.25) is 0 Å². The second-order valence-corrected chi connectivity index (χ2v) is 7.26. The molecule has 1 atom stereocenters. The monoisotopic (exact) mass is 398 g/mol. The molecule has 2 rings (SSSR count). The van der Waals surface area contributed by atoms with E-state index in [0.717, 1.165) is 36.2 Å². The van der Waals surface area contributed by atoms with E-state index in [9.17, 15) is 5.11 Å². The van der Waals surface area contributed by atoms with Gasteiger partial charge >= 0.3 is 0 Å². The highest BCUT2D eigenvalue weighted by atomic mass is 16.3. The molecule has 0 amide bonds. The molecule has 1 aromatic rings. The van der Waals surface area contributed by atoms with Gasteiger partial charge in [-0.3, -0.25) is 4.68 Å². The fraction of sp³-hybridized carbons (Fsp3) is 0.500. The first-order valence-electron chi connectivity index (χ1n) is 10.3. The Kier molecular flexibility index (Phi) is 8.39. The molecule has 0 aliphatic carbocycles. The van der Waals surface area contributed by atoms with Crippen LogP contribution in [0.3, 0.4) is 0 Å². The molecule has 7 heteroatoms. The van der Waals surface area contributed by atoms with Crippen LogP contribution >= 0.6 is 0 Å². The maximum atomic E-state index is 9.23. The molecule has 2 heterocycles. The van der Waals surface area contributed by atoms with Crippen molar-refractivity contribution in [3.63, 3.8) is 0 Å². The summed E-state index contributed by atoms with van der Waals surface area (Å²) in [5.74, 6) is 0. The number of aliphatic hydroxyl groups excluding tert-OH is 1. The van der Waals surface area contributed by atoms with Crippen molar-refractivity contribution in [2.24, 2.45) is 4.99 Å². The van der Waals surface area contributed by atoms with E-state index in [0.29, 0.717) is 17.3 Å². The molecule has 0 spiro atoms. The molecule has 1 aromatic heterocycles. The lowest BCUT2D eigenvalue weighted by Gasteiger charge is -2.26. The Bertz CT molecular complexity index is 813. The fourth-order valence-electron chi connectivity index (χ4n) is 3.21. The van der Waals surface area contributed by atoms with Gasteiger partial charge in [0.15, 0.2) is 0 Å². The van der Waals surface area contributed by atoms with Crippen molar-refractivity contribution in [1.82, 2.24) is 20.0 Å². The van der Waals surface area contributed by atoms with Gasteiger partial charge in [-0.2, -0.15) is 5.10 Å². The third-order valence-electron chi connectivity index (χ3n) is 5.01. The molecule has 3 N–H and O–H groups in total. The molecule has 29 heavy (non-hydrogen) atoms. The molecule has 0 fully saturated rings. The Labute approximate surface area is 174 Å². The van der Waals surface area contributed by atoms with Crippen molar-refractivity contribution < 1.29 is 5.11 Å². The highest BCUT2D eigenvalue weighted by Gasteiger charge is 2.22. The van der Waals surface area contributed by atoms with Crippen molar-refractivity contribution in [1.29, 1.82) is 5.41 Å². The largest absolute Gasteiger partial charge is 0.394 e. The van der Waals surface area contributed by atoms with Crippen LogP contribution in [0, 0.1) is 5.41 Å². The number of nitrogens with one attached hydrogen (secondary N) is 2. The fourth-order valence-corrected chi connectivity index (χ4v) is 3.21. The van der Waals surface area contributed by atoms with Gasteiger partial charge in [0.25, 0.3) is 0 Å². The summed E-state index contributed by atoms with van der Waals surface area (Å²) in [4.78, 5) is 6.94. The van der Waals surface area contributed by atoms with Gasteiger partial charge in [-0.1, -0.05) is 26.8 Å². The molecule has 1 aliphatic rings. The molecule has 0 aromatic carbocycles. The van der Waals surface area contributed by atoms with E-state index in [1.54, 1.807) is 6.20 Å². The highest BCUT2D eigenvalue weighted by molar-refractivity contribution is 6.13. The van der Waals surface area contributed by atoms with Crippen LogP contribution in [0.5, 0.6) is 0 Å². The summed E-state index contributed by atoms with van der Waals surface area (Å²) in [6.07, 6.45) is 14.0. The lowest BCUT2D eigenvalue weighted by atomic mass is 10.1. The second-order valence-electron chi connectivity index (χ2n) is 7.26. The van der Waals surface area contributed by atoms with Crippen molar-refractivity contribution >= 4 is 11.9 Å². The zero-order chi connectivity index (χ0) is 21.4. The quantitative estimate of drug-likeness (QED) is 0.525. The van der Waals surface area contributed by atoms with Crippen LogP contribution < -0.4 is 5.32 Å². The summed E-state index contributed by atoms with van der Waals surface area (Å²) in [7, 11) is 1.99. The molecule has 0 radical (unpaired) electrons. The summed E-state index contributed by atoms with van der Waals surface area (Å²) in [5.41, 5.74) is 4.19. The normalized spacial score (nSPS) is 17.4. The van der Waals surface area contributed by atoms with Crippen molar-refractivity contribution in [3.8, 4) is 0 Å². The van der Waals surface area contributed by atoms with Crippen molar-refractivity contribution in [2.75, 3.05) is 13.7 Å². The molecule has 0 saturated carbocycles. The average molecular weight is 399 g/mol. The number of aromatic nitrogens is 2. The first-order valence-corrected chi connectivity index (χ1v) is 10.3. The Morgan fingerprint density at radius 1 is 1.31 bits per heavy atom. The van der Waals surface area contributed by atoms with E-state index < -0.39 is 0 Å². The van der Waals surface area contributed by atoms with Gasteiger partial charge in [-0.05, 0) is 26.2 Å². The Hall–Kier alpha value is -2.67. The molecular formula is C22H34N6O. The zero-order valence-electron chi connectivity index (χ0n) is 18.2. The van der Waals surface area contributed by atoms with Gasteiger partial charge in [-0.25, -0.2) is 4.99 Å². The van der Waals surface area contributed by atoms with E-state index >= 15 is 0 Å². The summed E-state index contributed by atoms with van der Waals surface area (Å²) in [6.45, 7) is 8.35. The zero-order valence-corrected chi connectivity index (χ0v) is 18.2. The molecular weight excluding hydrogens is 364 g/mol. The number of allylic oxidation sites excluding steroid dienone is 3. The van der Waals surface area contributed by atoms with Crippen molar-refractivity contribution in [3.05, 3.63) is 53.4 Å². The summed E-state index contributed by atoms with van der Waals surface area (Å²) < 4.78 is 2.03. The summed E-state index contributed by atoms with van der Waals surface area (Å²) in [5, 5.41) is 24.7. The lowest BCUT2D eigenvalue weighted by Crippen LogP contribution is -2.26. The molecule has 158 valence electrons. The van der Waals surface area contributed by atoms with E-state index in [1.807, 2.05) is 35.9 Å². The first kappa shape index (κ1) is 22.6. The van der Waals surface area contributed by atoms with Crippen LogP contribution in [0.4, 0.5) is 0 Å². The number of aliphatic hydroxyl groups is 1. The summed E-state index contributed by atoms with van der Waals surface area (Å²) >= 11 is 0. The second kappa shape index (κ2) is 10.8. The number of nitrogens with zero attached hydrogens (tertiary/aromatic N) is 4. The maximum Gasteiger partial charge on any atom is 0.0974 e. The molecule has 0 unspecified atom stereocenters. The molecule has 1 aliphatic heterocycles. The highest BCUT2D eigenvalue weighted by Crippen LogP contribution is 2.25. The average Bonchev–Trinajstić information content (AvgIpc) is 3.20. The third kappa shape index (κ3) is 5.44. The van der Waals surface area contributed by atoms with Gasteiger partial charge in [0.05, 0.1) is 36.0 Å². The predicted octanol–water partition coefficient (Wildman–Crippen LogP) is 3.62. The molecule has 7 nitrogen and oxygen atoms in total. The van der Waals surface area contributed by atoms with Crippen LogP contribution in [0.2, 0.25) is 0 Å². The van der Waals surface area contributed by atoms with Crippen LogP contribution in [-0.4, -0.2) is 51.4 Å². The Morgan fingerprint density at radius 3 is 2.62 bits per heavy atom. The van der Waals surface area contributed by atoms with Gasteiger partial charge in [-0.15, -0.1) is 0 Å². The van der Waals surface area contributed by atoms with Crippen LogP contribution in [0.15, 0.2) is 52.8 Å². The van der Waals surface area contributed by atoms with Crippen LogP contribution in [0.25, 0.3) is 0 Å². The van der Waals surface area contributed by atoms with Crippen LogP contribution in [-0.2, 0) is 0 Å². The van der Waals surface area contributed by atoms with E-state index in [4.69, 9.17) is 10.4 Å². The third-order valence-corrected chi connectivity index (χ3v) is 5.01. The minimum absolute atomic E-state index is 0.0217. The number of aliphatic imine (C=N–C) groups is 1. The predicted molar refractivity (Wildman–Crippen MR) is 119 cm³/mol. The minimum atomic E-state index is -0.0934. The van der Waals surface area contributed by atoms with Gasteiger partial charge in [0, 0.05) is 49.0 Å². The minimum Gasteiger partial charge on any atom is -0.394 e. The standard InChI is InChI=1S/C22H34N6O/c1-6-9-21-22(18-12-25-28(13-18)19(7-2)8-3)26-20(14-27(21)5)17(10-23)11-24-16(4)15-29/h9-14,16,19,23-24,29H,6-8,15H2,1-5H3/b17-11+,21-9-,23-10?/t16-/m0/s1. The SMILES string of the molecule is CC/C=C1/C(c2cnn(C(CC)CC)c2)=NC(/C(C=N)=C/N[C@@H](C)CO)=CN1C. The number of likely N-dealkylation sites (N-methyl/N-ethyl adjacent to an activating group) is 1. The van der Waals surface area contributed by atoms with E-state index in [-0.39, 0.29) is 12.6 Å². The number of rotatable bonds is 10. The maximum absolute atomic E-state index is 9.23. The smallest absolute Gasteiger partial charge is 0.0974 e. The lowest BCUT2D eigenvalue weighted by molar-refractivity contribution is 0.261.